The molecule has 0 aliphatic heterocycles. The molecule has 1 aromatic carbocycles. The molecule has 0 radical (unpaired) electrons. The SMILES string of the molecule is CC(=O)Nc1ccc(NC(=O)CSc2ccc(C(=O)O)cn2)cc1. The Morgan fingerprint density at radius 2 is 1.67 bits per heavy atom. The lowest BCUT2D eigenvalue weighted by molar-refractivity contribution is -0.114. The minimum Gasteiger partial charge on any atom is -0.478 e. The first kappa shape index (κ1) is 17.5. The lowest BCUT2D eigenvalue weighted by Gasteiger charge is -2.07. The van der Waals surface area contributed by atoms with E-state index in [4.69, 9.17) is 5.11 Å². The van der Waals surface area contributed by atoms with Gasteiger partial charge >= 0.3 is 5.97 Å². The molecule has 2 amide bonds. The number of hydrogen-bond donors (Lipinski definition) is 3. The Labute approximate surface area is 142 Å². The lowest BCUT2D eigenvalue weighted by Crippen LogP contribution is -2.14. The molecule has 0 saturated carbocycles. The van der Waals surface area contributed by atoms with Gasteiger partial charge in [-0.25, -0.2) is 9.78 Å². The van der Waals surface area contributed by atoms with Crippen LogP contribution < -0.4 is 10.6 Å². The van der Waals surface area contributed by atoms with Crippen molar-refractivity contribution in [1.29, 1.82) is 0 Å². The molecule has 1 aromatic heterocycles. The standard InChI is InChI=1S/C16H15N3O4S/c1-10(20)18-12-3-5-13(6-4-12)19-14(21)9-24-15-7-2-11(8-17-15)16(22)23/h2-8H,9H2,1H3,(H,18,20)(H,19,21)(H,22,23). The fraction of sp³-hybridized carbons (Fsp3) is 0.125. The molecule has 124 valence electrons. The van der Waals surface area contributed by atoms with Crippen LogP contribution in [0.4, 0.5) is 11.4 Å². The van der Waals surface area contributed by atoms with Crippen LogP contribution in [0.15, 0.2) is 47.6 Å². The molecule has 1 heterocycles. The number of carbonyl (C=O) groups is 3. The monoisotopic (exact) mass is 345 g/mol. The van der Waals surface area contributed by atoms with Crippen LogP contribution in [0.5, 0.6) is 0 Å². The van der Waals surface area contributed by atoms with Crippen LogP contribution in [0.1, 0.15) is 17.3 Å². The molecule has 7 nitrogen and oxygen atoms in total. The molecular weight excluding hydrogens is 330 g/mol. The highest BCUT2D eigenvalue weighted by Crippen LogP contribution is 2.17. The van der Waals surface area contributed by atoms with Crippen LogP contribution in [-0.2, 0) is 9.59 Å². The van der Waals surface area contributed by atoms with E-state index in [-0.39, 0.29) is 23.1 Å². The number of hydrogen-bond acceptors (Lipinski definition) is 5. The average Bonchev–Trinajstić information content (AvgIpc) is 2.54. The third-order valence-electron chi connectivity index (χ3n) is 2.82. The zero-order valence-electron chi connectivity index (χ0n) is 12.8. The largest absolute Gasteiger partial charge is 0.478 e. The lowest BCUT2D eigenvalue weighted by atomic mass is 10.3. The number of amides is 2. The number of aromatic nitrogens is 1. The number of nitrogens with zero attached hydrogens (tertiary/aromatic N) is 1. The van der Waals surface area contributed by atoms with Gasteiger partial charge in [0.25, 0.3) is 0 Å². The van der Waals surface area contributed by atoms with E-state index in [1.54, 1.807) is 30.3 Å². The molecule has 24 heavy (non-hydrogen) atoms. The molecule has 0 aliphatic carbocycles. The van der Waals surface area contributed by atoms with Gasteiger partial charge in [-0.1, -0.05) is 11.8 Å². The summed E-state index contributed by atoms with van der Waals surface area (Å²) in [5.41, 5.74) is 1.37. The molecule has 0 unspecified atom stereocenters. The van der Waals surface area contributed by atoms with Gasteiger partial charge in [-0.3, -0.25) is 9.59 Å². The predicted octanol–water partition coefficient (Wildman–Crippen LogP) is 2.47. The smallest absolute Gasteiger partial charge is 0.337 e. The minimum absolute atomic E-state index is 0.100. The Kier molecular flexibility index (Phi) is 5.91. The third-order valence-corrected chi connectivity index (χ3v) is 3.77. The molecule has 2 rings (SSSR count). The zero-order chi connectivity index (χ0) is 17.5. The zero-order valence-corrected chi connectivity index (χ0v) is 13.6. The summed E-state index contributed by atoms with van der Waals surface area (Å²) in [4.78, 5) is 37.5. The number of carboxylic acids is 1. The fourth-order valence-electron chi connectivity index (χ4n) is 1.77. The van der Waals surface area contributed by atoms with Gasteiger partial charge in [0.1, 0.15) is 0 Å². The number of nitrogens with one attached hydrogen (secondary N) is 2. The number of thioether (sulfide) groups is 1. The van der Waals surface area contributed by atoms with Crippen molar-refractivity contribution in [2.45, 2.75) is 11.9 Å². The molecule has 8 heteroatoms. The average molecular weight is 345 g/mol. The highest BCUT2D eigenvalue weighted by Gasteiger charge is 2.07. The summed E-state index contributed by atoms with van der Waals surface area (Å²) in [6.45, 7) is 1.42. The Morgan fingerprint density at radius 3 is 2.17 bits per heavy atom. The van der Waals surface area contributed by atoms with Crippen molar-refractivity contribution in [3.8, 4) is 0 Å². The fourth-order valence-corrected chi connectivity index (χ4v) is 2.41. The highest BCUT2D eigenvalue weighted by molar-refractivity contribution is 7.99. The van der Waals surface area contributed by atoms with Gasteiger partial charge in [-0.05, 0) is 36.4 Å². The second kappa shape index (κ2) is 8.11. The van der Waals surface area contributed by atoms with Crippen molar-refractivity contribution in [1.82, 2.24) is 4.98 Å². The number of carboxylic acid groups (broad SMARTS) is 1. The van der Waals surface area contributed by atoms with Gasteiger partial charge in [0.2, 0.25) is 11.8 Å². The first-order chi connectivity index (χ1) is 11.4. The van der Waals surface area contributed by atoms with Crippen molar-refractivity contribution in [2.75, 3.05) is 16.4 Å². The van der Waals surface area contributed by atoms with E-state index in [2.05, 4.69) is 15.6 Å². The Morgan fingerprint density at radius 1 is 1.04 bits per heavy atom. The normalized spacial score (nSPS) is 10.0. The second-order valence-corrected chi connectivity index (χ2v) is 5.78. The first-order valence-electron chi connectivity index (χ1n) is 6.93. The molecule has 0 bridgehead atoms. The number of anilines is 2. The third kappa shape index (κ3) is 5.40. The summed E-state index contributed by atoms with van der Waals surface area (Å²) in [5.74, 6) is -1.27. The first-order valence-corrected chi connectivity index (χ1v) is 7.92. The van der Waals surface area contributed by atoms with Crippen LogP contribution in [0.3, 0.4) is 0 Å². The van der Waals surface area contributed by atoms with E-state index < -0.39 is 5.97 Å². The van der Waals surface area contributed by atoms with Crippen molar-refractivity contribution in [3.63, 3.8) is 0 Å². The van der Waals surface area contributed by atoms with Crippen LogP contribution in [0.2, 0.25) is 0 Å². The summed E-state index contributed by atoms with van der Waals surface area (Å²) in [6.07, 6.45) is 1.25. The molecule has 0 spiro atoms. The van der Waals surface area contributed by atoms with Crippen LogP contribution in [0, 0.1) is 0 Å². The van der Waals surface area contributed by atoms with Crippen molar-refractivity contribution < 1.29 is 19.5 Å². The molecule has 3 N–H and O–H groups in total. The van der Waals surface area contributed by atoms with Gasteiger partial charge < -0.3 is 15.7 Å². The summed E-state index contributed by atoms with van der Waals surface area (Å²) in [5, 5.41) is 14.7. The van der Waals surface area contributed by atoms with Crippen molar-refractivity contribution in [2.24, 2.45) is 0 Å². The maximum atomic E-state index is 11.9. The van der Waals surface area contributed by atoms with E-state index in [0.29, 0.717) is 16.4 Å². The summed E-state index contributed by atoms with van der Waals surface area (Å²) in [7, 11) is 0. The predicted molar refractivity (Wildman–Crippen MR) is 91.3 cm³/mol. The molecule has 0 aliphatic rings. The summed E-state index contributed by atoms with van der Waals surface area (Å²) < 4.78 is 0. The van der Waals surface area contributed by atoms with Gasteiger partial charge in [-0.15, -0.1) is 0 Å². The molecular formula is C16H15N3O4S. The second-order valence-electron chi connectivity index (χ2n) is 4.79. The molecule has 0 atom stereocenters. The maximum Gasteiger partial charge on any atom is 0.337 e. The van der Waals surface area contributed by atoms with Gasteiger partial charge in [0, 0.05) is 24.5 Å². The van der Waals surface area contributed by atoms with Crippen molar-refractivity contribution in [3.05, 3.63) is 48.2 Å². The van der Waals surface area contributed by atoms with E-state index >= 15 is 0 Å². The van der Waals surface area contributed by atoms with Gasteiger partial charge in [-0.2, -0.15) is 0 Å². The van der Waals surface area contributed by atoms with E-state index in [1.807, 2.05) is 0 Å². The number of pyridine rings is 1. The number of carbonyl (C=O) groups excluding carboxylic acids is 2. The molecule has 2 aromatic rings. The van der Waals surface area contributed by atoms with E-state index in [0.717, 1.165) is 0 Å². The van der Waals surface area contributed by atoms with Gasteiger partial charge in [0.15, 0.2) is 0 Å². The van der Waals surface area contributed by atoms with Crippen LogP contribution in [-0.4, -0.2) is 33.6 Å². The minimum atomic E-state index is -1.04. The molecule has 0 saturated heterocycles. The quantitative estimate of drug-likeness (QED) is 0.694. The van der Waals surface area contributed by atoms with Crippen LogP contribution >= 0.6 is 11.8 Å². The van der Waals surface area contributed by atoms with E-state index in [9.17, 15) is 14.4 Å². The molecule has 0 fully saturated rings. The van der Waals surface area contributed by atoms with Crippen LogP contribution in [0.25, 0.3) is 0 Å². The summed E-state index contributed by atoms with van der Waals surface area (Å²) >= 11 is 1.21. The van der Waals surface area contributed by atoms with Crippen molar-refractivity contribution >= 4 is 40.9 Å². The number of rotatable bonds is 6. The Balaban J connectivity index is 1.84. The highest BCUT2D eigenvalue weighted by atomic mass is 32.2. The van der Waals surface area contributed by atoms with Gasteiger partial charge in [0.05, 0.1) is 16.3 Å². The van der Waals surface area contributed by atoms with E-state index in [1.165, 1.54) is 30.9 Å². The summed E-state index contributed by atoms with van der Waals surface area (Å²) in [6, 6.07) is 9.76. The Bertz CT molecular complexity index is 745. The topological polar surface area (TPSA) is 108 Å². The maximum absolute atomic E-state index is 11.9. The Hall–Kier alpha value is -2.87. The number of benzene rings is 1. The number of aromatic carboxylic acids is 1.